The number of ether oxygens (including phenoxy) is 2. The number of non-ortho nitro benzene ring substituents is 1. The summed E-state index contributed by atoms with van der Waals surface area (Å²) in [5.41, 5.74) is 8.03. The first-order valence-electron chi connectivity index (χ1n) is 10.2. The molecule has 3 aromatic rings. The van der Waals surface area contributed by atoms with E-state index in [1.165, 1.54) is 23.3 Å². The zero-order chi connectivity index (χ0) is 21.5. The van der Waals surface area contributed by atoms with Crippen LogP contribution in [-0.2, 0) is 0 Å². The standard InChI is InChI=1S/C24H23N3O4/c1-15-6-8-16(9-7-15)20-14-21-19-4-3-5-22(30-2)23(19)31-24(26(21)25-20)17-10-12-18(13-11-17)27(28)29/h3-13,20-21,24-25H,14H2,1-2H3/t20-,21+,24+/m0/s1. The Labute approximate surface area is 180 Å². The number of hydrazine groups is 1. The number of benzene rings is 3. The predicted molar refractivity (Wildman–Crippen MR) is 116 cm³/mol. The van der Waals surface area contributed by atoms with Crippen LogP contribution in [0.2, 0.25) is 0 Å². The third-order valence-electron chi connectivity index (χ3n) is 6.04. The van der Waals surface area contributed by atoms with Crippen LogP contribution >= 0.6 is 0 Å². The molecule has 2 aliphatic rings. The van der Waals surface area contributed by atoms with Crippen molar-refractivity contribution in [3.05, 3.63) is 99.1 Å². The lowest BCUT2D eigenvalue weighted by Gasteiger charge is -2.39. The van der Waals surface area contributed by atoms with E-state index >= 15 is 0 Å². The van der Waals surface area contributed by atoms with Crippen LogP contribution in [0, 0.1) is 17.0 Å². The minimum Gasteiger partial charge on any atom is -0.493 e. The summed E-state index contributed by atoms with van der Waals surface area (Å²) in [4.78, 5) is 10.7. The molecule has 0 saturated carbocycles. The van der Waals surface area contributed by atoms with Crippen molar-refractivity contribution in [2.75, 3.05) is 7.11 Å². The molecule has 7 nitrogen and oxygen atoms in total. The molecule has 158 valence electrons. The molecule has 0 amide bonds. The summed E-state index contributed by atoms with van der Waals surface area (Å²) in [6, 6.07) is 21.2. The number of rotatable bonds is 4. The maximum absolute atomic E-state index is 11.1. The monoisotopic (exact) mass is 417 g/mol. The number of hydrogen-bond donors (Lipinski definition) is 1. The van der Waals surface area contributed by atoms with Crippen molar-refractivity contribution in [3.8, 4) is 11.5 Å². The molecule has 0 aliphatic carbocycles. The van der Waals surface area contributed by atoms with Crippen molar-refractivity contribution >= 4 is 5.69 Å². The van der Waals surface area contributed by atoms with Crippen LogP contribution in [0.25, 0.3) is 0 Å². The molecule has 1 saturated heterocycles. The first-order chi connectivity index (χ1) is 15.0. The molecule has 7 heteroatoms. The van der Waals surface area contributed by atoms with Crippen LogP contribution in [0.1, 0.15) is 47.0 Å². The van der Waals surface area contributed by atoms with Gasteiger partial charge in [-0.05, 0) is 37.1 Å². The summed E-state index contributed by atoms with van der Waals surface area (Å²) >= 11 is 0. The minimum absolute atomic E-state index is 0.0565. The lowest BCUT2D eigenvalue weighted by molar-refractivity contribution is -0.384. The van der Waals surface area contributed by atoms with E-state index in [0.717, 1.165) is 23.3 Å². The van der Waals surface area contributed by atoms with Crippen molar-refractivity contribution in [1.82, 2.24) is 10.4 Å². The van der Waals surface area contributed by atoms with Gasteiger partial charge in [-0.1, -0.05) is 42.0 Å². The molecule has 0 radical (unpaired) electrons. The average molecular weight is 417 g/mol. The Morgan fingerprint density at radius 2 is 1.77 bits per heavy atom. The van der Waals surface area contributed by atoms with Crippen molar-refractivity contribution in [3.63, 3.8) is 0 Å². The van der Waals surface area contributed by atoms with Crippen LogP contribution in [0.15, 0.2) is 66.7 Å². The first kappa shape index (κ1) is 19.5. The zero-order valence-corrected chi connectivity index (χ0v) is 17.3. The minimum atomic E-state index is -0.440. The molecular weight excluding hydrogens is 394 g/mol. The Kier molecular flexibility index (Phi) is 4.84. The molecule has 2 aliphatic heterocycles. The number of nitro benzene ring substituents is 1. The highest BCUT2D eigenvalue weighted by Gasteiger charge is 2.44. The van der Waals surface area contributed by atoms with Gasteiger partial charge in [-0.3, -0.25) is 10.1 Å². The van der Waals surface area contributed by atoms with Crippen molar-refractivity contribution in [1.29, 1.82) is 0 Å². The number of para-hydroxylation sites is 1. The molecule has 0 spiro atoms. The van der Waals surface area contributed by atoms with Gasteiger partial charge < -0.3 is 9.47 Å². The Hall–Kier alpha value is -3.42. The summed E-state index contributed by atoms with van der Waals surface area (Å²) in [6.07, 6.45) is 0.431. The zero-order valence-electron chi connectivity index (χ0n) is 17.3. The fourth-order valence-corrected chi connectivity index (χ4v) is 4.42. The molecule has 0 unspecified atom stereocenters. The second-order valence-corrected chi connectivity index (χ2v) is 7.95. The highest BCUT2D eigenvalue weighted by Crippen LogP contribution is 2.51. The maximum atomic E-state index is 11.1. The molecule has 3 aromatic carbocycles. The number of nitrogens with zero attached hydrogens (tertiary/aromatic N) is 2. The van der Waals surface area contributed by atoms with Gasteiger partial charge in [0.05, 0.1) is 18.1 Å². The van der Waals surface area contributed by atoms with Gasteiger partial charge in [0, 0.05) is 29.3 Å². The van der Waals surface area contributed by atoms with Gasteiger partial charge in [0.25, 0.3) is 5.69 Å². The van der Waals surface area contributed by atoms with Gasteiger partial charge in [-0.15, -0.1) is 0 Å². The second kappa shape index (κ2) is 7.68. The maximum Gasteiger partial charge on any atom is 0.269 e. The third-order valence-corrected chi connectivity index (χ3v) is 6.04. The van der Waals surface area contributed by atoms with Crippen molar-refractivity contribution < 1.29 is 14.4 Å². The van der Waals surface area contributed by atoms with Crippen LogP contribution in [-0.4, -0.2) is 17.0 Å². The summed E-state index contributed by atoms with van der Waals surface area (Å²) in [7, 11) is 1.63. The van der Waals surface area contributed by atoms with Gasteiger partial charge in [-0.25, -0.2) is 5.43 Å². The quantitative estimate of drug-likeness (QED) is 0.476. The van der Waals surface area contributed by atoms with E-state index in [0.29, 0.717) is 5.75 Å². The molecule has 31 heavy (non-hydrogen) atoms. The van der Waals surface area contributed by atoms with E-state index in [2.05, 4.69) is 47.7 Å². The average Bonchev–Trinajstić information content (AvgIpc) is 3.24. The second-order valence-electron chi connectivity index (χ2n) is 7.95. The Morgan fingerprint density at radius 1 is 1.06 bits per heavy atom. The number of nitrogens with one attached hydrogen (secondary N) is 1. The molecule has 2 heterocycles. The van der Waals surface area contributed by atoms with Gasteiger partial charge in [0.2, 0.25) is 0 Å². The Morgan fingerprint density at radius 3 is 2.45 bits per heavy atom. The molecule has 3 atom stereocenters. The molecule has 1 N–H and O–H groups in total. The number of fused-ring (bicyclic) bond motifs is 3. The molecule has 5 rings (SSSR count). The highest BCUT2D eigenvalue weighted by atomic mass is 16.6. The molecule has 1 fully saturated rings. The SMILES string of the molecule is COc1cccc2c1O[C@H](c1ccc([N+](=O)[O-])cc1)N1N[C@H](c3ccc(C)cc3)C[C@H]21. The van der Waals surface area contributed by atoms with E-state index in [1.807, 2.05) is 12.1 Å². The van der Waals surface area contributed by atoms with Crippen LogP contribution in [0.5, 0.6) is 11.5 Å². The van der Waals surface area contributed by atoms with Gasteiger partial charge in [0.1, 0.15) is 0 Å². The van der Waals surface area contributed by atoms with Crippen LogP contribution in [0.3, 0.4) is 0 Å². The Bertz CT molecular complexity index is 1110. The van der Waals surface area contributed by atoms with Gasteiger partial charge in [0.15, 0.2) is 17.7 Å². The highest BCUT2D eigenvalue weighted by molar-refractivity contribution is 5.50. The van der Waals surface area contributed by atoms with Crippen LogP contribution < -0.4 is 14.9 Å². The summed E-state index contributed by atoms with van der Waals surface area (Å²) < 4.78 is 12.0. The summed E-state index contributed by atoms with van der Waals surface area (Å²) in [6.45, 7) is 2.08. The van der Waals surface area contributed by atoms with E-state index in [9.17, 15) is 10.1 Å². The fraction of sp³-hybridized carbons (Fsp3) is 0.250. The van der Waals surface area contributed by atoms with Gasteiger partial charge >= 0.3 is 0 Å². The molecule has 0 bridgehead atoms. The largest absolute Gasteiger partial charge is 0.493 e. The summed E-state index contributed by atoms with van der Waals surface area (Å²) in [5.74, 6) is 1.41. The predicted octanol–water partition coefficient (Wildman–Crippen LogP) is 5.00. The van der Waals surface area contributed by atoms with E-state index in [1.54, 1.807) is 19.2 Å². The number of aryl methyl sites for hydroxylation is 1. The lowest BCUT2D eigenvalue weighted by Crippen LogP contribution is -2.42. The van der Waals surface area contributed by atoms with Crippen molar-refractivity contribution in [2.45, 2.75) is 31.7 Å². The van der Waals surface area contributed by atoms with Crippen molar-refractivity contribution in [2.24, 2.45) is 0 Å². The first-order valence-corrected chi connectivity index (χ1v) is 10.2. The van der Waals surface area contributed by atoms with E-state index in [4.69, 9.17) is 9.47 Å². The van der Waals surface area contributed by atoms with E-state index < -0.39 is 11.2 Å². The third kappa shape index (κ3) is 3.41. The topological polar surface area (TPSA) is 76.9 Å². The normalized spacial score (nSPS) is 22.3. The molecular formula is C24H23N3O4. The lowest BCUT2D eigenvalue weighted by atomic mass is 9.94. The summed E-state index contributed by atoms with van der Waals surface area (Å²) in [5, 5.41) is 13.2. The molecule has 0 aromatic heterocycles. The number of methoxy groups -OCH3 is 1. The number of nitro groups is 1. The smallest absolute Gasteiger partial charge is 0.269 e. The van der Waals surface area contributed by atoms with Crippen LogP contribution in [0.4, 0.5) is 5.69 Å². The number of hydrogen-bond acceptors (Lipinski definition) is 6. The fourth-order valence-electron chi connectivity index (χ4n) is 4.42. The van der Waals surface area contributed by atoms with E-state index in [-0.39, 0.29) is 17.8 Å². The Balaban J connectivity index is 1.55. The van der Waals surface area contributed by atoms with Gasteiger partial charge in [-0.2, -0.15) is 5.01 Å².